The molecule has 0 saturated heterocycles. The minimum Gasteiger partial charge on any atom is -0.347 e. The van der Waals surface area contributed by atoms with Crippen LogP contribution in [0.15, 0.2) is 53.4 Å². The van der Waals surface area contributed by atoms with Crippen LogP contribution in [0, 0.1) is 6.92 Å². The van der Waals surface area contributed by atoms with Crippen LogP contribution in [0.2, 0.25) is 0 Å². The van der Waals surface area contributed by atoms with Crippen LogP contribution < -0.4 is 10.0 Å². The van der Waals surface area contributed by atoms with E-state index in [0.717, 1.165) is 11.1 Å². The lowest BCUT2D eigenvalue weighted by Crippen LogP contribution is -2.40. The minimum atomic E-state index is -3.63. The van der Waals surface area contributed by atoms with Crippen LogP contribution >= 0.6 is 0 Å². The van der Waals surface area contributed by atoms with Crippen molar-refractivity contribution < 1.29 is 13.2 Å². The third-order valence-corrected chi connectivity index (χ3v) is 5.05. The van der Waals surface area contributed by atoms with Crippen molar-refractivity contribution >= 4 is 15.9 Å². The summed E-state index contributed by atoms with van der Waals surface area (Å²) in [6, 6.07) is 13.5. The number of aryl methyl sites for hydroxylation is 1. The average molecular weight is 360 g/mol. The number of rotatable bonds is 5. The van der Waals surface area contributed by atoms with E-state index in [0.29, 0.717) is 5.56 Å². The fourth-order valence-corrected chi connectivity index (χ4v) is 3.27. The minimum absolute atomic E-state index is 0.133. The fraction of sp³-hybridized carbons (Fsp3) is 0.316. The van der Waals surface area contributed by atoms with Gasteiger partial charge < -0.3 is 5.32 Å². The molecule has 0 aliphatic carbocycles. The molecule has 2 aromatic rings. The zero-order chi connectivity index (χ0) is 18.7. The Hall–Kier alpha value is -2.18. The van der Waals surface area contributed by atoms with Crippen molar-refractivity contribution in [1.82, 2.24) is 10.0 Å². The van der Waals surface area contributed by atoms with Crippen LogP contribution in [0.4, 0.5) is 0 Å². The summed E-state index contributed by atoms with van der Waals surface area (Å²) in [4.78, 5) is 12.2. The number of amides is 1. The van der Waals surface area contributed by atoms with Gasteiger partial charge in [-0.2, -0.15) is 0 Å². The maximum atomic E-state index is 12.4. The Kier molecular flexibility index (Phi) is 5.65. The van der Waals surface area contributed by atoms with Gasteiger partial charge in [0.15, 0.2) is 0 Å². The number of nitrogens with one attached hydrogen (secondary N) is 2. The van der Waals surface area contributed by atoms with Crippen LogP contribution in [0.3, 0.4) is 0 Å². The first-order valence-corrected chi connectivity index (χ1v) is 9.53. The van der Waals surface area contributed by atoms with E-state index >= 15 is 0 Å². The topological polar surface area (TPSA) is 75.3 Å². The zero-order valence-corrected chi connectivity index (χ0v) is 15.8. The van der Waals surface area contributed by atoms with Crippen molar-refractivity contribution in [2.75, 3.05) is 0 Å². The second-order valence-corrected chi connectivity index (χ2v) is 8.75. The molecule has 6 heteroatoms. The second-order valence-electron chi connectivity index (χ2n) is 6.98. The molecule has 2 rings (SSSR count). The summed E-state index contributed by atoms with van der Waals surface area (Å²) in [5.41, 5.74) is 2.02. The molecular weight excluding hydrogens is 336 g/mol. The highest BCUT2D eigenvalue weighted by Crippen LogP contribution is 2.13. The number of hydrogen-bond donors (Lipinski definition) is 2. The highest BCUT2D eigenvalue weighted by molar-refractivity contribution is 7.89. The molecule has 0 aliphatic rings. The summed E-state index contributed by atoms with van der Waals surface area (Å²) >= 11 is 0. The Morgan fingerprint density at radius 1 is 1.00 bits per heavy atom. The van der Waals surface area contributed by atoms with Crippen LogP contribution in [0.5, 0.6) is 0 Å². The van der Waals surface area contributed by atoms with Gasteiger partial charge in [0.05, 0.1) is 4.90 Å². The molecule has 0 bridgehead atoms. The number of sulfonamides is 1. The summed E-state index contributed by atoms with van der Waals surface area (Å²) in [7, 11) is -3.63. The monoisotopic (exact) mass is 360 g/mol. The first kappa shape index (κ1) is 19.1. The Morgan fingerprint density at radius 2 is 1.60 bits per heavy atom. The molecule has 0 aromatic heterocycles. The molecule has 0 aliphatic heterocycles. The van der Waals surface area contributed by atoms with E-state index in [1.807, 2.05) is 52.0 Å². The van der Waals surface area contributed by atoms with E-state index in [4.69, 9.17) is 0 Å². The van der Waals surface area contributed by atoms with Crippen molar-refractivity contribution in [2.24, 2.45) is 0 Å². The molecule has 0 fully saturated rings. The Morgan fingerprint density at radius 3 is 2.16 bits per heavy atom. The van der Waals surface area contributed by atoms with E-state index in [1.165, 1.54) is 24.3 Å². The lowest BCUT2D eigenvalue weighted by Gasteiger charge is -2.20. The van der Waals surface area contributed by atoms with Gasteiger partial charge in [0.25, 0.3) is 5.91 Å². The molecule has 0 radical (unpaired) electrons. The lowest BCUT2D eigenvalue weighted by molar-refractivity contribution is 0.0919. The van der Waals surface area contributed by atoms with E-state index in [1.54, 1.807) is 0 Å². The molecule has 25 heavy (non-hydrogen) atoms. The van der Waals surface area contributed by atoms with E-state index in [2.05, 4.69) is 10.0 Å². The summed E-state index contributed by atoms with van der Waals surface area (Å²) in [6.07, 6.45) is 0. The van der Waals surface area contributed by atoms with Crippen LogP contribution in [-0.4, -0.2) is 19.9 Å². The van der Waals surface area contributed by atoms with Crippen LogP contribution in [-0.2, 0) is 16.6 Å². The molecule has 1 amide bonds. The van der Waals surface area contributed by atoms with E-state index in [9.17, 15) is 13.2 Å². The van der Waals surface area contributed by atoms with Gasteiger partial charge in [-0.15, -0.1) is 0 Å². The van der Waals surface area contributed by atoms with Crippen molar-refractivity contribution in [3.8, 4) is 0 Å². The van der Waals surface area contributed by atoms with Gasteiger partial charge in [-0.3, -0.25) is 4.79 Å². The van der Waals surface area contributed by atoms with Crippen molar-refractivity contribution in [2.45, 2.75) is 44.7 Å². The maximum Gasteiger partial charge on any atom is 0.251 e. The van der Waals surface area contributed by atoms with Gasteiger partial charge in [0.2, 0.25) is 10.0 Å². The summed E-state index contributed by atoms with van der Waals surface area (Å²) in [6.45, 7) is 7.82. The molecule has 0 heterocycles. The number of hydrogen-bond acceptors (Lipinski definition) is 3. The number of carbonyl (C=O) groups excluding carboxylic acids is 1. The summed E-state index contributed by atoms with van der Waals surface area (Å²) < 4.78 is 27.4. The van der Waals surface area contributed by atoms with Gasteiger partial charge in [0, 0.05) is 17.6 Å². The summed E-state index contributed by atoms with van der Waals surface area (Å²) in [5, 5.41) is 2.84. The smallest absolute Gasteiger partial charge is 0.251 e. The van der Waals surface area contributed by atoms with Crippen molar-refractivity contribution in [1.29, 1.82) is 0 Å². The molecule has 0 unspecified atom stereocenters. The molecule has 0 atom stereocenters. The first-order chi connectivity index (χ1) is 11.6. The lowest BCUT2D eigenvalue weighted by atomic mass is 10.1. The van der Waals surface area contributed by atoms with Gasteiger partial charge in [-0.1, -0.05) is 24.3 Å². The summed E-state index contributed by atoms with van der Waals surface area (Å²) in [5.74, 6) is -0.232. The Balaban J connectivity index is 2.10. The molecule has 0 spiro atoms. The molecule has 2 N–H and O–H groups in total. The molecular formula is C19H24N2O3S. The number of carbonyl (C=O) groups is 1. The highest BCUT2D eigenvalue weighted by atomic mass is 32.2. The third-order valence-electron chi connectivity index (χ3n) is 3.63. The van der Waals surface area contributed by atoms with Gasteiger partial charge in [-0.05, 0) is 63.1 Å². The largest absolute Gasteiger partial charge is 0.347 e. The molecule has 134 valence electrons. The van der Waals surface area contributed by atoms with E-state index < -0.39 is 10.0 Å². The average Bonchev–Trinajstić information content (AvgIpc) is 2.53. The quantitative estimate of drug-likeness (QED) is 0.861. The second kappa shape index (κ2) is 7.37. The van der Waals surface area contributed by atoms with Crippen LogP contribution in [0.1, 0.15) is 42.3 Å². The fourth-order valence-electron chi connectivity index (χ4n) is 2.26. The molecule has 5 nitrogen and oxygen atoms in total. The maximum absolute atomic E-state index is 12.4. The highest BCUT2D eigenvalue weighted by Gasteiger charge is 2.18. The number of benzene rings is 2. The van der Waals surface area contributed by atoms with Crippen molar-refractivity contribution in [3.63, 3.8) is 0 Å². The van der Waals surface area contributed by atoms with Gasteiger partial charge in [-0.25, -0.2) is 13.1 Å². The van der Waals surface area contributed by atoms with Gasteiger partial charge in [0.1, 0.15) is 0 Å². The third kappa shape index (κ3) is 5.41. The molecule has 0 saturated carbocycles. The first-order valence-electron chi connectivity index (χ1n) is 8.05. The Bertz CT molecular complexity index is 851. The SMILES string of the molecule is Cc1ccccc1CNS(=O)(=O)c1ccc(C(=O)NC(C)(C)C)cc1. The predicted molar refractivity (Wildman–Crippen MR) is 98.9 cm³/mol. The standard InChI is InChI=1S/C19H24N2O3S/c1-14-7-5-6-8-16(14)13-20-25(23,24)17-11-9-15(10-12-17)18(22)21-19(2,3)4/h5-12,20H,13H2,1-4H3,(H,21,22). The van der Waals surface area contributed by atoms with Gasteiger partial charge >= 0.3 is 0 Å². The zero-order valence-electron chi connectivity index (χ0n) is 15.0. The Labute approximate surface area is 149 Å². The van der Waals surface area contributed by atoms with E-state index in [-0.39, 0.29) is 22.9 Å². The van der Waals surface area contributed by atoms with Crippen LogP contribution in [0.25, 0.3) is 0 Å². The molecule has 2 aromatic carbocycles. The van der Waals surface area contributed by atoms with Crippen molar-refractivity contribution in [3.05, 3.63) is 65.2 Å². The predicted octanol–water partition coefficient (Wildman–Crippen LogP) is 3.00. The normalized spacial score (nSPS) is 12.0.